The number of carbonyl (C=O) groups excluding carboxylic acids is 2. The Labute approximate surface area is 186 Å². The molecule has 0 radical (unpaired) electrons. The van der Waals surface area contributed by atoms with Crippen molar-refractivity contribution in [2.75, 3.05) is 6.26 Å². The van der Waals surface area contributed by atoms with E-state index < -0.39 is 39.4 Å². The minimum atomic E-state index is -3.67. The number of hydrogen-bond acceptors (Lipinski definition) is 6. The third-order valence-corrected chi connectivity index (χ3v) is 4.41. The molecule has 9 heteroatoms. The summed E-state index contributed by atoms with van der Waals surface area (Å²) in [7, 11) is -3.67. The average molecular weight is 314 g/mol. The minimum Gasteiger partial charge on any atom is -0.550 e. The van der Waals surface area contributed by atoms with Gasteiger partial charge in [0.1, 0.15) is 0 Å². The molecular formula is C8H12K2O6S. The minimum absolute atomic E-state index is 0. The van der Waals surface area contributed by atoms with Crippen LogP contribution in [0.25, 0.3) is 0 Å². The largest absolute Gasteiger partial charge is 1.00 e. The Kier molecular flexibility index (Phi) is 14.2. The van der Waals surface area contributed by atoms with Crippen molar-refractivity contribution in [2.24, 2.45) is 0 Å². The van der Waals surface area contributed by atoms with Gasteiger partial charge < -0.3 is 19.8 Å². The normalized spacial score (nSPS) is 13.8. The maximum atomic E-state index is 11.3. The van der Waals surface area contributed by atoms with E-state index in [1.54, 1.807) is 0 Å². The molecule has 0 N–H and O–H groups in total. The molecule has 0 heterocycles. The van der Waals surface area contributed by atoms with Crippen LogP contribution in [0.1, 0.15) is 26.2 Å². The second-order valence-electron chi connectivity index (χ2n) is 3.64. The Morgan fingerprint density at radius 2 is 1.53 bits per heavy atom. The van der Waals surface area contributed by atoms with Crippen molar-refractivity contribution in [1.29, 1.82) is 0 Å². The molecule has 1 atom stereocenters. The van der Waals surface area contributed by atoms with E-state index in [9.17, 15) is 28.2 Å². The molecule has 0 aliphatic rings. The first kappa shape index (κ1) is 24.2. The average Bonchev–Trinajstić information content (AvgIpc) is 1.97. The smallest absolute Gasteiger partial charge is 0.550 e. The first-order chi connectivity index (χ1) is 6.58. The number of aliphatic carboxylic acids is 2. The molecule has 0 saturated heterocycles. The van der Waals surface area contributed by atoms with E-state index in [0.717, 1.165) is 6.26 Å². The number of carbonyl (C=O) groups is 2. The molecule has 0 aromatic carbocycles. The summed E-state index contributed by atoms with van der Waals surface area (Å²) in [5.74, 6) is -2.94. The van der Waals surface area contributed by atoms with E-state index >= 15 is 0 Å². The molecule has 0 fully saturated rings. The number of carboxylic acid groups (broad SMARTS) is 2. The molecule has 0 rings (SSSR count). The fourth-order valence-electron chi connectivity index (χ4n) is 1.08. The predicted octanol–water partition coefficient (Wildman–Crippen LogP) is -8.53. The van der Waals surface area contributed by atoms with Crippen molar-refractivity contribution >= 4 is 21.8 Å². The van der Waals surface area contributed by atoms with Crippen LogP contribution in [0.4, 0.5) is 0 Å². The van der Waals surface area contributed by atoms with E-state index in [2.05, 4.69) is 0 Å². The Bertz CT molecular complexity index is 366. The topological polar surface area (TPSA) is 114 Å². The van der Waals surface area contributed by atoms with Crippen LogP contribution in [-0.2, 0) is 19.4 Å². The van der Waals surface area contributed by atoms with Crippen molar-refractivity contribution in [1.82, 2.24) is 0 Å². The van der Waals surface area contributed by atoms with E-state index in [0.29, 0.717) is 0 Å². The zero-order chi connectivity index (χ0) is 12.3. The van der Waals surface area contributed by atoms with Crippen LogP contribution in [0.2, 0.25) is 0 Å². The van der Waals surface area contributed by atoms with E-state index in [4.69, 9.17) is 0 Å². The Morgan fingerprint density at radius 1 is 1.12 bits per heavy atom. The molecule has 6 nitrogen and oxygen atoms in total. The molecule has 0 bridgehead atoms. The van der Waals surface area contributed by atoms with Crippen LogP contribution >= 0.6 is 0 Å². The summed E-state index contributed by atoms with van der Waals surface area (Å²) in [4.78, 5) is 20.6. The van der Waals surface area contributed by atoms with Crippen molar-refractivity contribution in [3.8, 4) is 0 Å². The standard InChI is InChI=1S/C8H14O6S.2K/c1-8(5-7(11)12,15(2,13)14)4-3-6(9)10;;/h3-5H2,1-2H3,(H,9,10)(H,11,12);;/q;2*+1/p-2. The third-order valence-electron chi connectivity index (χ3n) is 2.27. The fraction of sp³-hybridized carbons (Fsp3) is 0.750. The molecule has 0 aliphatic heterocycles. The van der Waals surface area contributed by atoms with E-state index in [1.165, 1.54) is 6.92 Å². The number of hydrogen-bond donors (Lipinski definition) is 0. The monoisotopic (exact) mass is 314 g/mol. The van der Waals surface area contributed by atoms with Gasteiger partial charge in [0.25, 0.3) is 0 Å². The van der Waals surface area contributed by atoms with Gasteiger partial charge in [-0.3, -0.25) is 0 Å². The van der Waals surface area contributed by atoms with Gasteiger partial charge in [-0.15, -0.1) is 0 Å². The summed E-state index contributed by atoms with van der Waals surface area (Å²) in [6.07, 6.45) is -0.663. The molecular weight excluding hydrogens is 302 g/mol. The molecule has 0 saturated carbocycles. The summed E-state index contributed by atoms with van der Waals surface area (Å²) < 4.78 is 21.0. The second kappa shape index (κ2) is 9.97. The van der Waals surface area contributed by atoms with E-state index in [-0.39, 0.29) is 109 Å². The van der Waals surface area contributed by atoms with Crippen molar-refractivity contribution in [3.63, 3.8) is 0 Å². The molecule has 0 aromatic heterocycles. The van der Waals surface area contributed by atoms with Crippen molar-refractivity contribution < 1.29 is 131 Å². The SMILES string of the molecule is CC(CCC(=O)[O-])(CC(=O)[O-])S(C)(=O)=O.[K+].[K+]. The quantitative estimate of drug-likeness (QED) is 0.450. The second-order valence-corrected chi connectivity index (χ2v) is 6.17. The van der Waals surface area contributed by atoms with Gasteiger partial charge in [0.05, 0.1) is 4.75 Å². The number of sulfone groups is 1. The zero-order valence-corrected chi connectivity index (χ0v) is 17.5. The van der Waals surface area contributed by atoms with Gasteiger partial charge in [0, 0.05) is 24.6 Å². The molecule has 0 spiro atoms. The van der Waals surface area contributed by atoms with Gasteiger partial charge in [0.15, 0.2) is 9.84 Å². The number of carboxylic acids is 2. The molecule has 1 unspecified atom stereocenters. The zero-order valence-electron chi connectivity index (χ0n) is 10.5. The van der Waals surface area contributed by atoms with Gasteiger partial charge in [-0.2, -0.15) is 0 Å². The van der Waals surface area contributed by atoms with Crippen LogP contribution < -0.4 is 113 Å². The van der Waals surface area contributed by atoms with Crippen LogP contribution in [0.15, 0.2) is 0 Å². The third kappa shape index (κ3) is 9.66. The van der Waals surface area contributed by atoms with Gasteiger partial charge in [-0.05, 0) is 19.8 Å². The molecule has 0 aliphatic carbocycles. The summed E-state index contributed by atoms with van der Waals surface area (Å²) in [5, 5.41) is 20.6. The van der Waals surface area contributed by atoms with Gasteiger partial charge in [0.2, 0.25) is 0 Å². The van der Waals surface area contributed by atoms with Gasteiger partial charge in [-0.1, -0.05) is 0 Å². The van der Waals surface area contributed by atoms with Gasteiger partial charge >= 0.3 is 103 Å². The Morgan fingerprint density at radius 3 is 1.76 bits per heavy atom. The maximum absolute atomic E-state index is 11.3. The van der Waals surface area contributed by atoms with Crippen LogP contribution in [0, 0.1) is 0 Å². The Hall–Kier alpha value is 2.16. The predicted molar refractivity (Wildman–Crippen MR) is 47.1 cm³/mol. The van der Waals surface area contributed by atoms with Crippen molar-refractivity contribution in [3.05, 3.63) is 0 Å². The molecule has 0 aromatic rings. The summed E-state index contributed by atoms with van der Waals surface area (Å²) in [5.41, 5.74) is 0. The first-order valence-electron chi connectivity index (χ1n) is 4.18. The van der Waals surface area contributed by atoms with Gasteiger partial charge in [-0.25, -0.2) is 8.42 Å². The maximum Gasteiger partial charge on any atom is 1.00 e. The van der Waals surface area contributed by atoms with Crippen molar-refractivity contribution in [2.45, 2.75) is 30.9 Å². The number of rotatable bonds is 6. The van der Waals surface area contributed by atoms with Crippen LogP contribution in [-0.4, -0.2) is 31.4 Å². The first-order valence-corrected chi connectivity index (χ1v) is 6.07. The van der Waals surface area contributed by atoms with Crippen LogP contribution in [0.3, 0.4) is 0 Å². The van der Waals surface area contributed by atoms with E-state index in [1.807, 2.05) is 0 Å². The molecule has 0 amide bonds. The Balaban J connectivity index is -0.000000980. The summed E-state index contributed by atoms with van der Waals surface area (Å²) in [6, 6.07) is 0. The summed E-state index contributed by atoms with van der Waals surface area (Å²) >= 11 is 0. The fourth-order valence-corrected chi connectivity index (χ4v) is 1.93. The summed E-state index contributed by atoms with van der Waals surface area (Å²) in [6.45, 7) is 1.18. The molecule has 17 heavy (non-hydrogen) atoms. The van der Waals surface area contributed by atoms with Crippen LogP contribution in [0.5, 0.6) is 0 Å². The molecule has 88 valence electrons.